The van der Waals surface area contributed by atoms with Crippen LogP contribution in [0.5, 0.6) is 0 Å². The Balaban J connectivity index is 1.66. The molecular formula is C14H20N2O3. The lowest BCUT2D eigenvalue weighted by molar-refractivity contribution is -0.384. The smallest absolute Gasteiger partial charge is 0.269 e. The van der Waals surface area contributed by atoms with Crippen molar-refractivity contribution in [3.05, 3.63) is 39.9 Å². The van der Waals surface area contributed by atoms with Gasteiger partial charge in [0.25, 0.3) is 5.69 Å². The van der Waals surface area contributed by atoms with Gasteiger partial charge in [0.2, 0.25) is 0 Å². The van der Waals surface area contributed by atoms with Gasteiger partial charge in [-0.25, -0.2) is 0 Å². The van der Waals surface area contributed by atoms with Crippen molar-refractivity contribution in [3.63, 3.8) is 0 Å². The number of rotatable bonds is 6. The molecule has 0 atom stereocenters. The highest BCUT2D eigenvalue weighted by molar-refractivity contribution is 5.32. The number of ether oxygens (including phenoxy) is 1. The van der Waals surface area contributed by atoms with E-state index in [2.05, 4.69) is 4.90 Å². The first-order chi connectivity index (χ1) is 9.25. The summed E-state index contributed by atoms with van der Waals surface area (Å²) >= 11 is 0. The molecule has 0 bridgehead atoms. The van der Waals surface area contributed by atoms with Crippen molar-refractivity contribution in [3.8, 4) is 0 Å². The van der Waals surface area contributed by atoms with E-state index in [0.29, 0.717) is 0 Å². The third-order valence-corrected chi connectivity index (χ3v) is 3.44. The zero-order valence-electron chi connectivity index (χ0n) is 11.1. The van der Waals surface area contributed by atoms with Gasteiger partial charge in [-0.2, -0.15) is 0 Å². The molecule has 0 unspecified atom stereocenters. The summed E-state index contributed by atoms with van der Waals surface area (Å²) in [6.45, 7) is 4.90. The van der Waals surface area contributed by atoms with Crippen molar-refractivity contribution >= 4 is 5.69 Å². The standard InChI is InChI=1S/C14H20N2O3/c17-16(18)14-6-4-13(5-7-14)3-1-2-8-15-9-11-19-12-10-15/h4-7H,1-3,8-12H2. The molecule has 1 saturated heterocycles. The molecule has 5 nitrogen and oxygen atoms in total. The Labute approximate surface area is 113 Å². The fourth-order valence-electron chi connectivity index (χ4n) is 2.27. The molecular weight excluding hydrogens is 244 g/mol. The topological polar surface area (TPSA) is 55.6 Å². The average Bonchev–Trinajstić information content (AvgIpc) is 2.45. The maximum atomic E-state index is 10.5. The van der Waals surface area contributed by atoms with Gasteiger partial charge in [-0.05, 0) is 31.4 Å². The second kappa shape index (κ2) is 7.21. The first-order valence-corrected chi connectivity index (χ1v) is 6.79. The Morgan fingerprint density at radius 2 is 1.84 bits per heavy atom. The molecule has 5 heteroatoms. The highest BCUT2D eigenvalue weighted by atomic mass is 16.6. The number of nitrogens with zero attached hydrogens (tertiary/aromatic N) is 2. The van der Waals surface area contributed by atoms with E-state index in [9.17, 15) is 10.1 Å². The number of hydrogen-bond donors (Lipinski definition) is 0. The van der Waals surface area contributed by atoms with Gasteiger partial charge in [-0.15, -0.1) is 0 Å². The molecule has 1 aromatic carbocycles. The van der Waals surface area contributed by atoms with E-state index in [0.717, 1.165) is 52.1 Å². The summed E-state index contributed by atoms with van der Waals surface area (Å²) < 4.78 is 5.31. The van der Waals surface area contributed by atoms with Gasteiger partial charge in [-0.3, -0.25) is 15.0 Å². The number of nitro benzene ring substituents is 1. The van der Waals surface area contributed by atoms with Crippen LogP contribution in [0.25, 0.3) is 0 Å². The zero-order chi connectivity index (χ0) is 13.5. The first kappa shape index (κ1) is 14.0. The van der Waals surface area contributed by atoms with E-state index in [-0.39, 0.29) is 10.6 Å². The first-order valence-electron chi connectivity index (χ1n) is 6.79. The third kappa shape index (κ3) is 4.61. The normalized spacial score (nSPS) is 16.4. The van der Waals surface area contributed by atoms with Crippen LogP contribution in [0.2, 0.25) is 0 Å². The molecule has 1 aliphatic rings. The van der Waals surface area contributed by atoms with Crippen LogP contribution in [0.15, 0.2) is 24.3 Å². The molecule has 0 saturated carbocycles. The van der Waals surface area contributed by atoms with E-state index in [1.807, 2.05) is 12.1 Å². The van der Waals surface area contributed by atoms with Crippen molar-refractivity contribution in [1.29, 1.82) is 0 Å². The molecule has 1 fully saturated rings. The SMILES string of the molecule is O=[N+]([O-])c1ccc(CCCCN2CCOCC2)cc1. The molecule has 0 amide bonds. The van der Waals surface area contributed by atoms with Gasteiger partial charge < -0.3 is 4.74 Å². The van der Waals surface area contributed by atoms with E-state index in [1.165, 1.54) is 5.56 Å². The molecule has 1 heterocycles. The lowest BCUT2D eigenvalue weighted by Gasteiger charge is -2.26. The second-order valence-corrected chi connectivity index (χ2v) is 4.83. The number of nitro groups is 1. The summed E-state index contributed by atoms with van der Waals surface area (Å²) in [7, 11) is 0. The Hall–Kier alpha value is -1.46. The largest absolute Gasteiger partial charge is 0.379 e. The minimum absolute atomic E-state index is 0.164. The van der Waals surface area contributed by atoms with Gasteiger partial charge in [0.15, 0.2) is 0 Å². The fraction of sp³-hybridized carbons (Fsp3) is 0.571. The minimum atomic E-state index is -0.359. The van der Waals surface area contributed by atoms with Crippen LogP contribution in [-0.4, -0.2) is 42.7 Å². The Kier molecular flexibility index (Phi) is 5.30. The Morgan fingerprint density at radius 1 is 1.16 bits per heavy atom. The van der Waals surface area contributed by atoms with Crippen LogP contribution in [-0.2, 0) is 11.2 Å². The van der Waals surface area contributed by atoms with Gasteiger partial charge >= 0.3 is 0 Å². The van der Waals surface area contributed by atoms with Crippen molar-refractivity contribution < 1.29 is 9.66 Å². The monoisotopic (exact) mass is 264 g/mol. The summed E-state index contributed by atoms with van der Waals surface area (Å²) in [5, 5.41) is 10.5. The van der Waals surface area contributed by atoms with Crippen molar-refractivity contribution in [2.24, 2.45) is 0 Å². The lowest BCUT2D eigenvalue weighted by Crippen LogP contribution is -2.36. The number of hydrogen-bond acceptors (Lipinski definition) is 4. The number of unbranched alkanes of at least 4 members (excludes halogenated alkanes) is 1. The van der Waals surface area contributed by atoms with Crippen molar-refractivity contribution in [1.82, 2.24) is 4.90 Å². The van der Waals surface area contributed by atoms with Crippen LogP contribution in [0, 0.1) is 10.1 Å². The molecule has 0 spiro atoms. The summed E-state index contributed by atoms with van der Waals surface area (Å²) in [6.07, 6.45) is 3.27. The highest BCUT2D eigenvalue weighted by Crippen LogP contribution is 2.13. The van der Waals surface area contributed by atoms with E-state index in [1.54, 1.807) is 12.1 Å². The molecule has 2 rings (SSSR count). The maximum Gasteiger partial charge on any atom is 0.269 e. The van der Waals surface area contributed by atoms with Gasteiger partial charge in [-0.1, -0.05) is 12.1 Å². The number of aryl methyl sites for hydroxylation is 1. The highest BCUT2D eigenvalue weighted by Gasteiger charge is 2.09. The van der Waals surface area contributed by atoms with Gasteiger partial charge in [0.1, 0.15) is 0 Å². The summed E-state index contributed by atoms with van der Waals surface area (Å²) in [5.41, 5.74) is 1.34. The predicted octanol–water partition coefficient (Wildman–Crippen LogP) is 2.25. The molecule has 0 aromatic heterocycles. The van der Waals surface area contributed by atoms with Crippen molar-refractivity contribution in [2.75, 3.05) is 32.8 Å². The fourth-order valence-corrected chi connectivity index (χ4v) is 2.27. The lowest BCUT2D eigenvalue weighted by atomic mass is 10.1. The number of benzene rings is 1. The molecule has 0 aliphatic carbocycles. The van der Waals surface area contributed by atoms with E-state index in [4.69, 9.17) is 4.74 Å². The Bertz CT molecular complexity index is 400. The van der Waals surface area contributed by atoms with E-state index >= 15 is 0 Å². The van der Waals surface area contributed by atoms with Crippen LogP contribution >= 0.6 is 0 Å². The van der Waals surface area contributed by atoms with Crippen LogP contribution in [0.3, 0.4) is 0 Å². The third-order valence-electron chi connectivity index (χ3n) is 3.44. The molecule has 19 heavy (non-hydrogen) atoms. The summed E-state index contributed by atoms with van der Waals surface area (Å²) in [6, 6.07) is 6.87. The molecule has 104 valence electrons. The maximum absolute atomic E-state index is 10.5. The summed E-state index contributed by atoms with van der Waals surface area (Å²) in [4.78, 5) is 12.6. The molecule has 1 aliphatic heterocycles. The van der Waals surface area contributed by atoms with Crippen LogP contribution in [0.1, 0.15) is 18.4 Å². The average molecular weight is 264 g/mol. The van der Waals surface area contributed by atoms with Crippen LogP contribution in [0.4, 0.5) is 5.69 Å². The van der Waals surface area contributed by atoms with Crippen LogP contribution < -0.4 is 0 Å². The Morgan fingerprint density at radius 3 is 2.47 bits per heavy atom. The molecule has 0 N–H and O–H groups in total. The molecule has 0 radical (unpaired) electrons. The van der Waals surface area contributed by atoms with Crippen molar-refractivity contribution in [2.45, 2.75) is 19.3 Å². The number of morpholine rings is 1. The second-order valence-electron chi connectivity index (χ2n) is 4.83. The predicted molar refractivity (Wildman–Crippen MR) is 73.3 cm³/mol. The quantitative estimate of drug-likeness (QED) is 0.449. The minimum Gasteiger partial charge on any atom is -0.379 e. The summed E-state index contributed by atoms with van der Waals surface area (Å²) in [5.74, 6) is 0. The van der Waals surface area contributed by atoms with Gasteiger partial charge in [0.05, 0.1) is 18.1 Å². The number of non-ortho nitro benzene ring substituents is 1. The van der Waals surface area contributed by atoms with E-state index < -0.39 is 0 Å². The zero-order valence-corrected chi connectivity index (χ0v) is 11.1. The molecule has 1 aromatic rings. The van der Waals surface area contributed by atoms with Gasteiger partial charge in [0, 0.05) is 25.2 Å².